The molecule has 0 fully saturated rings. The molecule has 0 spiro atoms. The van der Waals surface area contributed by atoms with Crippen molar-refractivity contribution in [3.05, 3.63) is 77.0 Å². The predicted molar refractivity (Wildman–Crippen MR) is 88.6 cm³/mol. The third-order valence-electron chi connectivity index (χ3n) is 4.14. The van der Waals surface area contributed by atoms with Gasteiger partial charge in [0.1, 0.15) is 0 Å². The average molecular weight is 276 g/mol. The van der Waals surface area contributed by atoms with Gasteiger partial charge in [0.15, 0.2) is 0 Å². The normalized spacial score (nSPS) is 12.5. The van der Waals surface area contributed by atoms with Gasteiger partial charge in [0, 0.05) is 11.6 Å². The Balaban J connectivity index is 2.16. The van der Waals surface area contributed by atoms with Crippen molar-refractivity contribution < 1.29 is 0 Å². The predicted octanol–water partition coefficient (Wildman–Crippen LogP) is 4.16. The zero-order chi connectivity index (χ0) is 14.8. The Morgan fingerprint density at radius 1 is 0.952 bits per heavy atom. The fourth-order valence-electron chi connectivity index (χ4n) is 2.82. The van der Waals surface area contributed by atoms with Crippen LogP contribution in [-0.4, -0.2) is 12.0 Å². The van der Waals surface area contributed by atoms with Gasteiger partial charge in [-0.3, -0.25) is 4.98 Å². The molecule has 106 valence electrons. The second-order valence-electron chi connectivity index (χ2n) is 5.48. The number of rotatable bonds is 3. The smallest absolute Gasteiger partial charge is 0.0705 e. The first kappa shape index (κ1) is 13.8. The molecular weight excluding hydrogens is 256 g/mol. The Labute approximate surface area is 125 Å². The van der Waals surface area contributed by atoms with Crippen LogP contribution in [-0.2, 0) is 0 Å². The second kappa shape index (κ2) is 5.66. The molecule has 0 aliphatic heterocycles. The largest absolute Gasteiger partial charge is 0.309 e. The van der Waals surface area contributed by atoms with Gasteiger partial charge in [-0.2, -0.15) is 0 Å². The summed E-state index contributed by atoms with van der Waals surface area (Å²) in [7, 11) is 2.01. The van der Waals surface area contributed by atoms with E-state index in [1.165, 1.54) is 27.6 Å². The minimum atomic E-state index is 0.178. The summed E-state index contributed by atoms with van der Waals surface area (Å²) in [6, 6.07) is 17.3. The molecule has 1 aromatic heterocycles. The Morgan fingerprint density at radius 3 is 2.57 bits per heavy atom. The van der Waals surface area contributed by atoms with Crippen LogP contribution in [0.3, 0.4) is 0 Å². The van der Waals surface area contributed by atoms with E-state index in [-0.39, 0.29) is 6.04 Å². The third kappa shape index (κ3) is 2.55. The van der Waals surface area contributed by atoms with Crippen LogP contribution in [0.1, 0.15) is 28.3 Å². The van der Waals surface area contributed by atoms with Crippen molar-refractivity contribution in [1.29, 1.82) is 0 Å². The Bertz CT molecular complexity index is 772. The first-order valence-electron chi connectivity index (χ1n) is 7.29. The summed E-state index contributed by atoms with van der Waals surface area (Å²) in [6.45, 7) is 4.31. The highest BCUT2D eigenvalue weighted by Crippen LogP contribution is 2.28. The first-order chi connectivity index (χ1) is 10.2. The molecule has 0 aliphatic rings. The number of pyridine rings is 1. The monoisotopic (exact) mass is 276 g/mol. The summed E-state index contributed by atoms with van der Waals surface area (Å²) < 4.78 is 0. The lowest BCUT2D eigenvalue weighted by Crippen LogP contribution is -2.18. The van der Waals surface area contributed by atoms with Gasteiger partial charge in [0.25, 0.3) is 0 Å². The van der Waals surface area contributed by atoms with Crippen LogP contribution in [0.4, 0.5) is 0 Å². The second-order valence-corrected chi connectivity index (χ2v) is 5.48. The lowest BCUT2D eigenvalue weighted by atomic mass is 9.93. The van der Waals surface area contributed by atoms with E-state index >= 15 is 0 Å². The van der Waals surface area contributed by atoms with E-state index in [9.17, 15) is 0 Å². The molecule has 1 heterocycles. The van der Waals surface area contributed by atoms with Crippen LogP contribution in [0.15, 0.2) is 54.7 Å². The zero-order valence-electron chi connectivity index (χ0n) is 12.7. The van der Waals surface area contributed by atoms with E-state index in [1.807, 2.05) is 19.3 Å². The van der Waals surface area contributed by atoms with E-state index in [1.54, 1.807) is 0 Å². The Kier molecular flexibility index (Phi) is 3.72. The molecule has 1 unspecified atom stereocenters. The minimum Gasteiger partial charge on any atom is -0.309 e. The molecule has 0 saturated carbocycles. The number of fused-ring (bicyclic) bond motifs is 1. The van der Waals surface area contributed by atoms with E-state index in [2.05, 4.69) is 66.6 Å². The van der Waals surface area contributed by atoms with Crippen LogP contribution in [0, 0.1) is 13.8 Å². The number of aryl methyl sites for hydroxylation is 2. The summed E-state index contributed by atoms with van der Waals surface area (Å²) in [6.07, 6.45) is 1.84. The molecule has 0 amide bonds. The third-order valence-corrected chi connectivity index (χ3v) is 4.14. The number of benzene rings is 2. The molecule has 2 heteroatoms. The fourth-order valence-corrected chi connectivity index (χ4v) is 2.82. The van der Waals surface area contributed by atoms with Crippen molar-refractivity contribution in [2.75, 3.05) is 7.05 Å². The van der Waals surface area contributed by atoms with Crippen molar-refractivity contribution >= 4 is 10.9 Å². The highest BCUT2D eigenvalue weighted by molar-refractivity contribution is 5.83. The molecule has 3 rings (SSSR count). The number of nitrogens with one attached hydrogen (secondary N) is 1. The molecule has 0 saturated heterocycles. The van der Waals surface area contributed by atoms with Crippen LogP contribution in [0.2, 0.25) is 0 Å². The van der Waals surface area contributed by atoms with Crippen LogP contribution >= 0.6 is 0 Å². The van der Waals surface area contributed by atoms with Crippen LogP contribution in [0.25, 0.3) is 10.9 Å². The summed E-state index contributed by atoms with van der Waals surface area (Å²) in [5.41, 5.74) is 6.25. The van der Waals surface area contributed by atoms with E-state index < -0.39 is 0 Å². The number of hydrogen-bond acceptors (Lipinski definition) is 2. The first-order valence-corrected chi connectivity index (χ1v) is 7.29. The van der Waals surface area contributed by atoms with Crippen LogP contribution < -0.4 is 5.32 Å². The van der Waals surface area contributed by atoms with Gasteiger partial charge in [-0.15, -0.1) is 0 Å². The number of hydrogen-bond donors (Lipinski definition) is 1. The molecule has 1 N–H and O–H groups in total. The van der Waals surface area contributed by atoms with E-state index in [0.29, 0.717) is 0 Å². The van der Waals surface area contributed by atoms with Gasteiger partial charge in [-0.25, -0.2) is 0 Å². The molecule has 2 nitrogen and oxygen atoms in total. The summed E-state index contributed by atoms with van der Waals surface area (Å²) in [5, 5.41) is 4.65. The van der Waals surface area contributed by atoms with E-state index in [4.69, 9.17) is 0 Å². The molecular formula is C19H20N2. The molecule has 21 heavy (non-hydrogen) atoms. The summed E-state index contributed by atoms with van der Waals surface area (Å²) in [5.74, 6) is 0. The Morgan fingerprint density at radius 2 is 1.81 bits per heavy atom. The standard InChI is InChI=1S/C19H20N2/c1-13-9-10-15(12-14(13)2)19(20-3)17-6-4-8-18-16(17)7-5-11-21-18/h4-12,19-20H,1-3H3. The van der Waals surface area contributed by atoms with Crippen molar-refractivity contribution in [2.24, 2.45) is 0 Å². The summed E-state index contributed by atoms with van der Waals surface area (Å²) in [4.78, 5) is 4.46. The van der Waals surface area contributed by atoms with E-state index in [0.717, 1.165) is 5.52 Å². The van der Waals surface area contributed by atoms with Gasteiger partial charge in [-0.1, -0.05) is 36.4 Å². The minimum absolute atomic E-state index is 0.178. The maximum absolute atomic E-state index is 4.46. The number of nitrogens with zero attached hydrogens (tertiary/aromatic N) is 1. The lowest BCUT2D eigenvalue weighted by Gasteiger charge is -2.20. The molecule has 3 aromatic rings. The van der Waals surface area contributed by atoms with Crippen molar-refractivity contribution in [3.63, 3.8) is 0 Å². The average Bonchev–Trinajstić information content (AvgIpc) is 2.52. The maximum Gasteiger partial charge on any atom is 0.0705 e. The van der Waals surface area contributed by atoms with Gasteiger partial charge >= 0.3 is 0 Å². The van der Waals surface area contributed by atoms with Crippen molar-refractivity contribution in [1.82, 2.24) is 10.3 Å². The zero-order valence-corrected chi connectivity index (χ0v) is 12.7. The SMILES string of the molecule is CNC(c1ccc(C)c(C)c1)c1cccc2ncccc12. The van der Waals surface area contributed by atoms with Crippen molar-refractivity contribution in [2.45, 2.75) is 19.9 Å². The topological polar surface area (TPSA) is 24.9 Å². The van der Waals surface area contributed by atoms with Gasteiger partial charge in [0.2, 0.25) is 0 Å². The van der Waals surface area contributed by atoms with Gasteiger partial charge in [0.05, 0.1) is 11.6 Å². The highest BCUT2D eigenvalue weighted by Gasteiger charge is 2.15. The fraction of sp³-hybridized carbons (Fsp3) is 0.211. The molecule has 0 bridgehead atoms. The van der Waals surface area contributed by atoms with Gasteiger partial charge < -0.3 is 5.32 Å². The molecule has 0 radical (unpaired) electrons. The van der Waals surface area contributed by atoms with Crippen molar-refractivity contribution in [3.8, 4) is 0 Å². The lowest BCUT2D eigenvalue weighted by molar-refractivity contribution is 0.696. The molecule has 0 aliphatic carbocycles. The van der Waals surface area contributed by atoms with Gasteiger partial charge in [-0.05, 0) is 55.3 Å². The quantitative estimate of drug-likeness (QED) is 0.777. The highest BCUT2D eigenvalue weighted by atomic mass is 14.9. The maximum atomic E-state index is 4.46. The molecule has 1 atom stereocenters. The summed E-state index contributed by atoms with van der Waals surface area (Å²) >= 11 is 0. The van der Waals surface area contributed by atoms with Crippen LogP contribution in [0.5, 0.6) is 0 Å². The number of aromatic nitrogens is 1. The Hall–Kier alpha value is -2.19. The molecule has 2 aromatic carbocycles.